The number of piperazine rings is 1. The van der Waals surface area contributed by atoms with Crippen LogP contribution in [0.5, 0.6) is 0 Å². The van der Waals surface area contributed by atoms with Gasteiger partial charge in [0.15, 0.2) is 0 Å². The van der Waals surface area contributed by atoms with E-state index in [4.69, 9.17) is 0 Å². The second kappa shape index (κ2) is 11.3. The monoisotopic (exact) mass is 539 g/mol. The van der Waals surface area contributed by atoms with Crippen LogP contribution in [0.15, 0.2) is 53.6 Å². The van der Waals surface area contributed by atoms with Crippen LogP contribution in [-0.4, -0.2) is 78.8 Å². The number of halogens is 1. The van der Waals surface area contributed by atoms with Crippen molar-refractivity contribution in [1.29, 1.82) is 0 Å². The van der Waals surface area contributed by atoms with Crippen molar-refractivity contribution in [3.05, 3.63) is 65.6 Å². The number of sulfonamides is 1. The Morgan fingerprint density at radius 3 is 2.37 bits per heavy atom. The van der Waals surface area contributed by atoms with Crippen LogP contribution in [0.2, 0.25) is 0 Å². The second-order valence-electron chi connectivity index (χ2n) is 10.0. The van der Waals surface area contributed by atoms with Gasteiger partial charge in [0.05, 0.1) is 5.69 Å². The Morgan fingerprint density at radius 2 is 1.66 bits per heavy atom. The summed E-state index contributed by atoms with van der Waals surface area (Å²) in [4.78, 5) is 13.7. The molecule has 3 aromatic rings. The Balaban J connectivity index is 1.31. The van der Waals surface area contributed by atoms with Gasteiger partial charge in [0.2, 0.25) is 16.0 Å². The molecule has 2 N–H and O–H groups in total. The molecule has 11 heteroatoms. The van der Waals surface area contributed by atoms with Gasteiger partial charge in [-0.05, 0) is 62.7 Å². The first-order chi connectivity index (χ1) is 18.3. The minimum Gasteiger partial charge on any atom is -0.339 e. The summed E-state index contributed by atoms with van der Waals surface area (Å²) < 4.78 is 42.0. The molecule has 2 fully saturated rings. The fourth-order valence-corrected chi connectivity index (χ4v) is 6.40. The van der Waals surface area contributed by atoms with E-state index < -0.39 is 15.8 Å². The maximum atomic E-state index is 14.1. The average Bonchev–Trinajstić information content (AvgIpc) is 3.46. The molecule has 2 aliphatic rings. The van der Waals surface area contributed by atoms with Crippen molar-refractivity contribution in [2.24, 2.45) is 0 Å². The lowest BCUT2D eigenvalue weighted by atomic mass is 10.2. The summed E-state index contributed by atoms with van der Waals surface area (Å²) in [6, 6.07) is 11.9. The SMILES string of the molecule is Cc1cnc(Nc2ccc(CN3CCN(C)CC3)cc2)nc1Nc1ccc(F)cc1S(=O)(=O)N1CCCC1. The van der Waals surface area contributed by atoms with Crippen LogP contribution in [0.3, 0.4) is 0 Å². The Labute approximate surface area is 223 Å². The predicted octanol–water partition coefficient (Wildman–Crippen LogP) is 3.94. The van der Waals surface area contributed by atoms with E-state index in [9.17, 15) is 12.8 Å². The molecule has 0 atom stereocenters. The molecule has 0 amide bonds. The molecule has 5 rings (SSSR count). The van der Waals surface area contributed by atoms with Gasteiger partial charge in [-0.15, -0.1) is 0 Å². The van der Waals surface area contributed by atoms with Gasteiger partial charge in [0, 0.05) is 63.3 Å². The molecule has 0 unspecified atom stereocenters. The highest BCUT2D eigenvalue weighted by atomic mass is 32.2. The van der Waals surface area contributed by atoms with E-state index in [-0.39, 0.29) is 10.6 Å². The van der Waals surface area contributed by atoms with Crippen molar-refractivity contribution in [2.75, 3.05) is 56.9 Å². The van der Waals surface area contributed by atoms with Crippen molar-refractivity contribution in [1.82, 2.24) is 24.1 Å². The van der Waals surface area contributed by atoms with Crippen molar-refractivity contribution < 1.29 is 12.8 Å². The van der Waals surface area contributed by atoms with E-state index in [0.29, 0.717) is 24.9 Å². The highest BCUT2D eigenvalue weighted by Gasteiger charge is 2.30. The highest BCUT2D eigenvalue weighted by Crippen LogP contribution is 2.31. The number of hydrogen-bond acceptors (Lipinski definition) is 8. The van der Waals surface area contributed by atoms with E-state index in [1.54, 1.807) is 6.20 Å². The number of benzene rings is 2. The Hall–Kier alpha value is -3.12. The molecule has 0 saturated carbocycles. The number of hydrogen-bond donors (Lipinski definition) is 2. The van der Waals surface area contributed by atoms with Crippen LogP contribution in [0.1, 0.15) is 24.0 Å². The fraction of sp³-hybridized carbons (Fsp3) is 0.407. The third-order valence-electron chi connectivity index (χ3n) is 7.06. The molecule has 9 nitrogen and oxygen atoms in total. The van der Waals surface area contributed by atoms with Crippen LogP contribution in [0, 0.1) is 12.7 Å². The second-order valence-corrected chi connectivity index (χ2v) is 11.9. The third kappa shape index (κ3) is 6.12. The zero-order valence-corrected chi connectivity index (χ0v) is 22.6. The molecule has 0 spiro atoms. The van der Waals surface area contributed by atoms with Gasteiger partial charge < -0.3 is 15.5 Å². The maximum Gasteiger partial charge on any atom is 0.245 e. The summed E-state index contributed by atoms with van der Waals surface area (Å²) in [5, 5.41) is 6.33. The molecule has 2 saturated heterocycles. The minimum atomic E-state index is -3.84. The summed E-state index contributed by atoms with van der Waals surface area (Å²) in [5.74, 6) is 0.209. The standard InChI is InChI=1S/C27H34FN7O2S/c1-20-18-29-27(30-23-8-5-21(6-9-23)19-34-15-13-33(2)14-16-34)32-26(20)31-24-10-7-22(28)17-25(24)38(36,37)35-11-3-4-12-35/h5-10,17-18H,3-4,11-16,19H2,1-2H3,(H2,29,30,31,32). The Morgan fingerprint density at radius 1 is 0.947 bits per heavy atom. The van der Waals surface area contributed by atoms with E-state index in [0.717, 1.165) is 62.9 Å². The normalized spacial score (nSPS) is 17.6. The molecule has 0 bridgehead atoms. The Kier molecular flexibility index (Phi) is 7.89. The number of likely N-dealkylation sites (N-methyl/N-ethyl adjacent to an activating group) is 1. The molecule has 2 aromatic carbocycles. The van der Waals surface area contributed by atoms with Gasteiger partial charge in [-0.3, -0.25) is 4.90 Å². The van der Waals surface area contributed by atoms with E-state index in [1.807, 2.05) is 19.1 Å². The maximum absolute atomic E-state index is 14.1. The number of nitrogens with one attached hydrogen (secondary N) is 2. The van der Waals surface area contributed by atoms with Crippen LogP contribution in [0.4, 0.5) is 27.5 Å². The molecule has 2 aliphatic heterocycles. The molecule has 0 radical (unpaired) electrons. The topological polar surface area (TPSA) is 93.7 Å². The summed E-state index contributed by atoms with van der Waals surface area (Å²) >= 11 is 0. The molecule has 0 aliphatic carbocycles. The van der Waals surface area contributed by atoms with Crippen molar-refractivity contribution in [3.63, 3.8) is 0 Å². The van der Waals surface area contributed by atoms with Crippen LogP contribution in [-0.2, 0) is 16.6 Å². The zero-order valence-electron chi connectivity index (χ0n) is 21.8. The van der Waals surface area contributed by atoms with Gasteiger partial charge in [-0.1, -0.05) is 12.1 Å². The lowest BCUT2D eigenvalue weighted by Crippen LogP contribution is -2.43. The molecule has 1 aromatic heterocycles. The number of aromatic nitrogens is 2. The predicted molar refractivity (Wildman–Crippen MR) is 147 cm³/mol. The van der Waals surface area contributed by atoms with Gasteiger partial charge >= 0.3 is 0 Å². The van der Waals surface area contributed by atoms with Crippen molar-refractivity contribution >= 4 is 33.2 Å². The fourth-order valence-electron chi connectivity index (χ4n) is 4.72. The molecule has 3 heterocycles. The van der Waals surface area contributed by atoms with Gasteiger partial charge in [0.1, 0.15) is 16.5 Å². The van der Waals surface area contributed by atoms with Gasteiger partial charge in [-0.25, -0.2) is 17.8 Å². The highest BCUT2D eigenvalue weighted by molar-refractivity contribution is 7.89. The Bertz CT molecular complexity index is 1370. The number of anilines is 4. The molecule has 38 heavy (non-hydrogen) atoms. The largest absolute Gasteiger partial charge is 0.339 e. The smallest absolute Gasteiger partial charge is 0.245 e. The summed E-state index contributed by atoms with van der Waals surface area (Å²) in [5.41, 5.74) is 3.10. The molecular weight excluding hydrogens is 505 g/mol. The lowest BCUT2D eigenvalue weighted by Gasteiger charge is -2.32. The van der Waals surface area contributed by atoms with Gasteiger partial charge in [0.25, 0.3) is 0 Å². The third-order valence-corrected chi connectivity index (χ3v) is 9.00. The summed E-state index contributed by atoms with van der Waals surface area (Å²) in [7, 11) is -1.68. The molecule has 202 valence electrons. The van der Waals surface area contributed by atoms with Crippen molar-refractivity contribution in [2.45, 2.75) is 31.2 Å². The summed E-state index contributed by atoms with van der Waals surface area (Å²) in [6.45, 7) is 7.94. The first kappa shape index (κ1) is 26.5. The first-order valence-corrected chi connectivity index (χ1v) is 14.4. The van der Waals surface area contributed by atoms with E-state index >= 15 is 0 Å². The average molecular weight is 540 g/mol. The van der Waals surface area contributed by atoms with Crippen LogP contribution in [0.25, 0.3) is 0 Å². The number of rotatable bonds is 8. The lowest BCUT2D eigenvalue weighted by molar-refractivity contribution is 0.148. The van der Waals surface area contributed by atoms with Crippen molar-refractivity contribution in [3.8, 4) is 0 Å². The van der Waals surface area contributed by atoms with E-state index in [2.05, 4.69) is 49.6 Å². The first-order valence-electron chi connectivity index (χ1n) is 13.0. The number of aryl methyl sites for hydroxylation is 1. The van der Waals surface area contributed by atoms with Crippen LogP contribution < -0.4 is 10.6 Å². The van der Waals surface area contributed by atoms with Crippen LogP contribution >= 0.6 is 0 Å². The number of nitrogens with zero attached hydrogens (tertiary/aromatic N) is 5. The zero-order chi connectivity index (χ0) is 26.7. The minimum absolute atomic E-state index is 0.0946. The quantitative estimate of drug-likeness (QED) is 0.445. The summed E-state index contributed by atoms with van der Waals surface area (Å²) in [6.07, 6.45) is 3.26. The van der Waals surface area contributed by atoms with E-state index in [1.165, 1.54) is 22.0 Å². The molecular formula is C27H34FN7O2S. The van der Waals surface area contributed by atoms with Gasteiger partial charge in [-0.2, -0.15) is 9.29 Å².